The number of pyridine rings is 1. The molecule has 0 spiro atoms. The van der Waals surface area contributed by atoms with Gasteiger partial charge in [-0.3, -0.25) is 4.79 Å². The van der Waals surface area contributed by atoms with Crippen molar-refractivity contribution in [3.8, 4) is 5.75 Å². The summed E-state index contributed by atoms with van der Waals surface area (Å²) >= 11 is 0. The van der Waals surface area contributed by atoms with Crippen LogP contribution in [0.15, 0.2) is 34.9 Å². The summed E-state index contributed by atoms with van der Waals surface area (Å²) in [4.78, 5) is 16.7. The second kappa shape index (κ2) is 7.74. The number of fused-ring (bicyclic) bond motifs is 3. The number of methoxy groups -OCH3 is 1. The van der Waals surface area contributed by atoms with E-state index in [9.17, 15) is 4.79 Å². The summed E-state index contributed by atoms with van der Waals surface area (Å²) in [6.07, 6.45) is 7.66. The van der Waals surface area contributed by atoms with Crippen LogP contribution in [0.1, 0.15) is 47.8 Å². The zero-order valence-electron chi connectivity index (χ0n) is 17.4. The lowest BCUT2D eigenvalue weighted by Crippen LogP contribution is -2.10. The van der Waals surface area contributed by atoms with Crippen molar-refractivity contribution in [1.82, 2.24) is 4.98 Å². The summed E-state index contributed by atoms with van der Waals surface area (Å²) in [6.45, 7) is 5.91. The number of hydrogen-bond donors (Lipinski definition) is 1. The van der Waals surface area contributed by atoms with Crippen molar-refractivity contribution in [3.63, 3.8) is 0 Å². The molecule has 5 nitrogen and oxygen atoms in total. The standard InChI is InChI=1S/C24H26N2O3/c1-14-9-10-25-21(11-14)26-22(27)12-15(2)18-13-19-17-7-5-6-8-20(17)29-24(19)16(3)23(18)28-4/h9-13H,5-8H2,1-4H3,(H,25,26,27)/b15-12+. The Bertz CT molecular complexity index is 1120. The molecule has 0 aliphatic heterocycles. The van der Waals surface area contributed by atoms with Gasteiger partial charge in [0.05, 0.1) is 7.11 Å². The van der Waals surface area contributed by atoms with Gasteiger partial charge in [-0.25, -0.2) is 4.98 Å². The van der Waals surface area contributed by atoms with Crippen LogP contribution in [0.2, 0.25) is 0 Å². The molecule has 1 amide bonds. The zero-order chi connectivity index (χ0) is 20.5. The van der Waals surface area contributed by atoms with Crippen LogP contribution < -0.4 is 10.1 Å². The number of carbonyl (C=O) groups is 1. The molecule has 29 heavy (non-hydrogen) atoms. The third kappa shape index (κ3) is 3.65. The van der Waals surface area contributed by atoms with Gasteiger partial charge in [0.25, 0.3) is 0 Å². The van der Waals surface area contributed by atoms with Gasteiger partial charge in [-0.2, -0.15) is 0 Å². The van der Waals surface area contributed by atoms with E-state index in [0.29, 0.717) is 5.82 Å². The molecule has 150 valence electrons. The highest BCUT2D eigenvalue weighted by atomic mass is 16.5. The maximum absolute atomic E-state index is 12.6. The van der Waals surface area contributed by atoms with Gasteiger partial charge in [0.2, 0.25) is 5.91 Å². The molecule has 4 rings (SSSR count). The van der Waals surface area contributed by atoms with Gasteiger partial charge in [-0.15, -0.1) is 0 Å². The van der Waals surface area contributed by atoms with Gasteiger partial charge in [0.15, 0.2) is 0 Å². The lowest BCUT2D eigenvalue weighted by Gasteiger charge is -2.13. The molecule has 0 fully saturated rings. The number of hydrogen-bond acceptors (Lipinski definition) is 4. The fourth-order valence-electron chi connectivity index (χ4n) is 4.13. The number of nitrogens with zero attached hydrogens (tertiary/aromatic N) is 1. The summed E-state index contributed by atoms with van der Waals surface area (Å²) in [5, 5.41) is 3.97. The van der Waals surface area contributed by atoms with Crippen molar-refractivity contribution < 1.29 is 13.9 Å². The maximum Gasteiger partial charge on any atom is 0.249 e. The first-order valence-electron chi connectivity index (χ1n) is 10.0. The van der Waals surface area contributed by atoms with E-state index in [4.69, 9.17) is 9.15 Å². The Balaban J connectivity index is 1.73. The van der Waals surface area contributed by atoms with E-state index >= 15 is 0 Å². The third-order valence-corrected chi connectivity index (χ3v) is 5.57. The van der Waals surface area contributed by atoms with Gasteiger partial charge >= 0.3 is 0 Å². The summed E-state index contributed by atoms with van der Waals surface area (Å²) in [5.74, 6) is 2.17. The molecule has 2 aromatic heterocycles. The number of carbonyl (C=O) groups excluding carboxylic acids is 1. The molecule has 3 aromatic rings. The first-order chi connectivity index (χ1) is 14.0. The van der Waals surface area contributed by atoms with Crippen LogP contribution in [0.5, 0.6) is 5.75 Å². The minimum absolute atomic E-state index is 0.213. The molecule has 1 N–H and O–H groups in total. The van der Waals surface area contributed by atoms with Crippen molar-refractivity contribution in [3.05, 3.63) is 58.5 Å². The molecule has 5 heteroatoms. The van der Waals surface area contributed by atoms with Gasteiger partial charge < -0.3 is 14.5 Å². The van der Waals surface area contributed by atoms with E-state index in [0.717, 1.165) is 57.6 Å². The van der Waals surface area contributed by atoms with E-state index in [1.807, 2.05) is 32.9 Å². The van der Waals surface area contributed by atoms with Crippen LogP contribution in [0.4, 0.5) is 5.82 Å². The molecule has 1 aromatic carbocycles. The number of rotatable bonds is 4. The summed E-state index contributed by atoms with van der Waals surface area (Å²) in [6, 6.07) is 5.85. The first-order valence-corrected chi connectivity index (χ1v) is 10.0. The van der Waals surface area contributed by atoms with Gasteiger partial charge in [-0.05, 0) is 69.4 Å². The Morgan fingerprint density at radius 2 is 2.03 bits per heavy atom. The average Bonchev–Trinajstić information content (AvgIpc) is 3.07. The largest absolute Gasteiger partial charge is 0.496 e. The predicted octanol–water partition coefficient (Wildman–Crippen LogP) is 5.37. The fraction of sp³-hybridized carbons (Fsp3) is 0.333. The molecule has 0 bridgehead atoms. The fourth-order valence-corrected chi connectivity index (χ4v) is 4.13. The normalized spacial score (nSPS) is 14.0. The minimum atomic E-state index is -0.213. The average molecular weight is 390 g/mol. The summed E-state index contributed by atoms with van der Waals surface area (Å²) < 4.78 is 11.9. The number of aryl methyl sites for hydroxylation is 4. The molecule has 1 aliphatic rings. The van der Waals surface area contributed by atoms with Crippen molar-refractivity contribution in [2.75, 3.05) is 12.4 Å². The monoisotopic (exact) mass is 390 g/mol. The van der Waals surface area contributed by atoms with E-state index in [2.05, 4.69) is 16.4 Å². The maximum atomic E-state index is 12.6. The highest BCUT2D eigenvalue weighted by Crippen LogP contribution is 2.41. The van der Waals surface area contributed by atoms with E-state index < -0.39 is 0 Å². The number of aromatic nitrogens is 1. The molecule has 2 heterocycles. The predicted molar refractivity (Wildman–Crippen MR) is 115 cm³/mol. The van der Waals surface area contributed by atoms with Crippen molar-refractivity contribution in [2.45, 2.75) is 46.5 Å². The molecular formula is C24H26N2O3. The number of benzene rings is 1. The second-order valence-corrected chi connectivity index (χ2v) is 7.70. The highest BCUT2D eigenvalue weighted by Gasteiger charge is 2.23. The Morgan fingerprint density at radius 3 is 2.79 bits per heavy atom. The lowest BCUT2D eigenvalue weighted by molar-refractivity contribution is -0.111. The van der Waals surface area contributed by atoms with Crippen LogP contribution in [0.3, 0.4) is 0 Å². The third-order valence-electron chi connectivity index (χ3n) is 5.57. The van der Waals surface area contributed by atoms with Crippen molar-refractivity contribution in [1.29, 1.82) is 0 Å². The van der Waals surface area contributed by atoms with E-state index in [1.54, 1.807) is 19.4 Å². The van der Waals surface area contributed by atoms with Crippen LogP contribution in [-0.4, -0.2) is 18.0 Å². The molecule has 0 atom stereocenters. The van der Waals surface area contributed by atoms with Gasteiger partial charge in [0.1, 0.15) is 22.9 Å². The number of allylic oxidation sites excluding steroid dienone is 1. The Kier molecular flexibility index (Phi) is 5.14. The number of ether oxygens (including phenoxy) is 1. The molecule has 0 saturated heterocycles. The van der Waals surface area contributed by atoms with Crippen LogP contribution in [0, 0.1) is 13.8 Å². The van der Waals surface area contributed by atoms with Crippen LogP contribution in [0.25, 0.3) is 16.5 Å². The second-order valence-electron chi connectivity index (χ2n) is 7.70. The number of amides is 1. The lowest BCUT2D eigenvalue weighted by atomic mass is 9.93. The Hall–Kier alpha value is -3.08. The minimum Gasteiger partial charge on any atom is -0.496 e. The van der Waals surface area contributed by atoms with E-state index in [-0.39, 0.29) is 5.91 Å². The molecular weight excluding hydrogens is 364 g/mol. The highest BCUT2D eigenvalue weighted by molar-refractivity contribution is 6.04. The zero-order valence-corrected chi connectivity index (χ0v) is 17.4. The molecule has 0 unspecified atom stereocenters. The van der Waals surface area contributed by atoms with Crippen LogP contribution >= 0.6 is 0 Å². The molecule has 1 aliphatic carbocycles. The van der Waals surface area contributed by atoms with Gasteiger partial charge in [-0.1, -0.05) is 0 Å². The molecule has 0 saturated carbocycles. The topological polar surface area (TPSA) is 64.4 Å². The number of anilines is 1. The Morgan fingerprint density at radius 1 is 1.24 bits per heavy atom. The smallest absolute Gasteiger partial charge is 0.249 e. The number of nitrogens with one attached hydrogen (secondary N) is 1. The van der Waals surface area contributed by atoms with E-state index in [1.165, 1.54) is 18.4 Å². The summed E-state index contributed by atoms with van der Waals surface area (Å²) in [5.41, 5.74) is 5.98. The SMILES string of the molecule is COc1c(/C(C)=C/C(=O)Nc2cc(C)ccn2)cc2c3c(oc2c1C)CCCC3. The van der Waals surface area contributed by atoms with Gasteiger partial charge in [0, 0.05) is 40.8 Å². The first kappa shape index (κ1) is 19.2. The number of furan rings is 1. The van der Waals surface area contributed by atoms with Crippen molar-refractivity contribution in [2.24, 2.45) is 0 Å². The Labute approximate surface area is 170 Å². The van der Waals surface area contributed by atoms with Crippen LogP contribution in [-0.2, 0) is 17.6 Å². The quantitative estimate of drug-likeness (QED) is 0.608. The molecule has 0 radical (unpaired) electrons. The van der Waals surface area contributed by atoms with Crippen molar-refractivity contribution >= 4 is 28.3 Å². The summed E-state index contributed by atoms with van der Waals surface area (Å²) in [7, 11) is 1.66.